The van der Waals surface area contributed by atoms with Crippen molar-refractivity contribution in [3.05, 3.63) is 20.8 Å². The van der Waals surface area contributed by atoms with Gasteiger partial charge in [0.2, 0.25) is 11.8 Å². The van der Waals surface area contributed by atoms with Gasteiger partial charge in [-0.1, -0.05) is 20.8 Å². The highest BCUT2D eigenvalue weighted by Crippen LogP contribution is 2.23. The lowest BCUT2D eigenvalue weighted by Crippen LogP contribution is -2.53. The number of rotatable bonds is 7. The second kappa shape index (κ2) is 10.0. The summed E-state index contributed by atoms with van der Waals surface area (Å²) in [6.45, 7) is 8.18. The molecule has 0 unspecified atom stereocenters. The lowest BCUT2D eigenvalue weighted by Gasteiger charge is -2.35. The highest BCUT2D eigenvalue weighted by atomic mass is 79.9. The molecule has 2 N–H and O–H groups in total. The SMILES string of the molecule is CON1CCC(C(=O)N[C@H](CNC(=O)Cc2cscc2Br)C(C)(C)C)CC1. The molecule has 1 atom stereocenters. The van der Waals surface area contributed by atoms with E-state index < -0.39 is 0 Å². The van der Waals surface area contributed by atoms with Gasteiger partial charge in [-0.15, -0.1) is 0 Å². The first kappa shape index (κ1) is 22.3. The molecule has 1 saturated heterocycles. The Kier molecular flexibility index (Phi) is 8.27. The van der Waals surface area contributed by atoms with E-state index in [9.17, 15) is 9.59 Å². The van der Waals surface area contributed by atoms with Crippen LogP contribution in [0.15, 0.2) is 15.2 Å². The van der Waals surface area contributed by atoms with Crippen molar-refractivity contribution in [1.29, 1.82) is 0 Å². The molecule has 2 rings (SSSR count). The number of carbonyl (C=O) groups excluding carboxylic acids is 2. The van der Waals surface area contributed by atoms with Crippen molar-refractivity contribution >= 4 is 39.1 Å². The van der Waals surface area contributed by atoms with Crippen LogP contribution in [0.3, 0.4) is 0 Å². The summed E-state index contributed by atoms with van der Waals surface area (Å²) in [5.74, 6) is 0.0326. The third-order valence-electron chi connectivity index (χ3n) is 4.99. The van der Waals surface area contributed by atoms with Crippen molar-refractivity contribution in [2.45, 2.75) is 46.1 Å². The molecule has 0 saturated carbocycles. The van der Waals surface area contributed by atoms with Crippen LogP contribution in [-0.2, 0) is 20.8 Å². The van der Waals surface area contributed by atoms with Crippen LogP contribution in [0.25, 0.3) is 0 Å². The molecule has 6 nitrogen and oxygen atoms in total. The van der Waals surface area contributed by atoms with Gasteiger partial charge < -0.3 is 15.5 Å². The van der Waals surface area contributed by atoms with Crippen molar-refractivity contribution in [3.8, 4) is 0 Å². The van der Waals surface area contributed by atoms with Crippen LogP contribution in [0.1, 0.15) is 39.2 Å². The van der Waals surface area contributed by atoms with Crippen LogP contribution in [-0.4, -0.2) is 49.7 Å². The molecule has 152 valence electrons. The zero-order chi connectivity index (χ0) is 20.0. The minimum Gasteiger partial charge on any atom is -0.354 e. The summed E-state index contributed by atoms with van der Waals surface area (Å²) in [6.07, 6.45) is 1.91. The third kappa shape index (κ3) is 6.85. The van der Waals surface area contributed by atoms with E-state index in [4.69, 9.17) is 4.84 Å². The number of hydrogen-bond donors (Lipinski definition) is 2. The Hall–Kier alpha value is -0.960. The largest absolute Gasteiger partial charge is 0.354 e. The molecule has 0 aliphatic carbocycles. The number of amides is 2. The van der Waals surface area contributed by atoms with E-state index in [0.29, 0.717) is 13.0 Å². The summed E-state index contributed by atoms with van der Waals surface area (Å²) in [7, 11) is 1.66. The van der Waals surface area contributed by atoms with E-state index in [1.165, 1.54) is 0 Å². The van der Waals surface area contributed by atoms with E-state index in [1.54, 1.807) is 18.4 Å². The Labute approximate surface area is 174 Å². The molecule has 1 aliphatic heterocycles. The van der Waals surface area contributed by atoms with Crippen LogP contribution in [0.2, 0.25) is 0 Å². The normalized spacial score (nSPS) is 17.5. The first-order valence-corrected chi connectivity index (χ1v) is 11.0. The quantitative estimate of drug-likeness (QED) is 0.657. The van der Waals surface area contributed by atoms with Gasteiger partial charge in [-0.3, -0.25) is 9.59 Å². The zero-order valence-corrected chi connectivity index (χ0v) is 18.9. The van der Waals surface area contributed by atoms with Crippen molar-refractivity contribution in [2.75, 3.05) is 26.7 Å². The van der Waals surface area contributed by atoms with Crippen LogP contribution >= 0.6 is 27.3 Å². The molecule has 0 bridgehead atoms. The van der Waals surface area contributed by atoms with Crippen LogP contribution in [0.5, 0.6) is 0 Å². The Balaban J connectivity index is 1.87. The average molecular weight is 460 g/mol. The van der Waals surface area contributed by atoms with Gasteiger partial charge in [0.25, 0.3) is 0 Å². The number of hydrogen-bond acceptors (Lipinski definition) is 5. The van der Waals surface area contributed by atoms with Crippen molar-refractivity contribution in [2.24, 2.45) is 11.3 Å². The number of nitrogens with zero attached hydrogens (tertiary/aromatic N) is 1. The molecule has 1 aromatic rings. The average Bonchev–Trinajstić information content (AvgIpc) is 3.02. The molecule has 1 aliphatic rings. The number of carbonyl (C=O) groups is 2. The van der Waals surface area contributed by atoms with Crippen molar-refractivity contribution < 1.29 is 14.4 Å². The van der Waals surface area contributed by atoms with Gasteiger partial charge in [0, 0.05) is 35.4 Å². The first-order chi connectivity index (χ1) is 12.7. The summed E-state index contributed by atoms with van der Waals surface area (Å²) in [6, 6.07) is -0.125. The maximum atomic E-state index is 12.7. The van der Waals surface area contributed by atoms with E-state index in [-0.39, 0.29) is 29.2 Å². The molecule has 27 heavy (non-hydrogen) atoms. The monoisotopic (exact) mass is 459 g/mol. The maximum absolute atomic E-state index is 12.7. The van der Waals surface area contributed by atoms with E-state index in [1.807, 2.05) is 15.8 Å². The molecular weight excluding hydrogens is 430 g/mol. The smallest absolute Gasteiger partial charge is 0.224 e. The zero-order valence-electron chi connectivity index (χ0n) is 16.5. The highest BCUT2D eigenvalue weighted by molar-refractivity contribution is 9.10. The fourth-order valence-electron chi connectivity index (χ4n) is 3.05. The molecule has 2 amide bonds. The van der Waals surface area contributed by atoms with Gasteiger partial charge in [-0.05, 0) is 45.1 Å². The Morgan fingerprint density at radius 1 is 1.33 bits per heavy atom. The predicted molar refractivity (Wildman–Crippen MR) is 111 cm³/mol. The molecule has 8 heteroatoms. The van der Waals surface area contributed by atoms with Gasteiger partial charge in [-0.25, -0.2) is 0 Å². The molecular formula is C19H30BrN3O3S. The number of hydroxylamine groups is 2. The highest BCUT2D eigenvalue weighted by Gasteiger charge is 2.31. The summed E-state index contributed by atoms with van der Waals surface area (Å²) < 4.78 is 0.964. The number of piperidine rings is 1. The summed E-state index contributed by atoms with van der Waals surface area (Å²) in [5, 5.41) is 12.0. The minimum atomic E-state index is -0.154. The lowest BCUT2D eigenvalue weighted by molar-refractivity contribution is -0.154. The third-order valence-corrected chi connectivity index (χ3v) is 6.82. The van der Waals surface area contributed by atoms with E-state index in [0.717, 1.165) is 36.0 Å². The van der Waals surface area contributed by atoms with Gasteiger partial charge in [0.15, 0.2) is 0 Å². The topological polar surface area (TPSA) is 70.7 Å². The summed E-state index contributed by atoms with van der Waals surface area (Å²) in [5.41, 5.74) is 0.831. The van der Waals surface area contributed by atoms with Gasteiger partial charge in [0.1, 0.15) is 0 Å². The van der Waals surface area contributed by atoms with E-state index in [2.05, 4.69) is 47.3 Å². The van der Waals surface area contributed by atoms with Crippen molar-refractivity contribution in [3.63, 3.8) is 0 Å². The van der Waals surface area contributed by atoms with Crippen molar-refractivity contribution in [1.82, 2.24) is 15.7 Å². The minimum absolute atomic E-state index is 0.00119. The number of halogens is 1. The Bertz CT molecular complexity index is 636. The second-order valence-electron chi connectivity index (χ2n) is 8.04. The molecule has 0 aromatic carbocycles. The molecule has 1 aromatic heterocycles. The van der Waals surface area contributed by atoms with Crippen LogP contribution in [0.4, 0.5) is 0 Å². The molecule has 1 fully saturated rings. The molecule has 2 heterocycles. The Morgan fingerprint density at radius 2 is 2.00 bits per heavy atom. The molecule has 0 radical (unpaired) electrons. The maximum Gasteiger partial charge on any atom is 0.224 e. The fraction of sp³-hybridized carbons (Fsp3) is 0.684. The summed E-state index contributed by atoms with van der Waals surface area (Å²) >= 11 is 5.02. The van der Waals surface area contributed by atoms with Gasteiger partial charge in [-0.2, -0.15) is 16.4 Å². The predicted octanol–water partition coefficient (Wildman–Crippen LogP) is 2.97. The first-order valence-electron chi connectivity index (χ1n) is 9.27. The Morgan fingerprint density at radius 3 is 2.52 bits per heavy atom. The second-order valence-corrected chi connectivity index (χ2v) is 9.64. The number of nitrogens with one attached hydrogen (secondary N) is 2. The standard InChI is InChI=1S/C19H30BrN3O3S/c1-19(2,3)16(10-21-17(24)9-14-11-27-12-15(14)20)22-18(25)13-5-7-23(26-4)8-6-13/h11-13,16H,5-10H2,1-4H3,(H,21,24)(H,22,25)/t16-/m1/s1. The van der Waals surface area contributed by atoms with E-state index >= 15 is 0 Å². The van der Waals surface area contributed by atoms with Gasteiger partial charge in [0.05, 0.1) is 19.6 Å². The fourth-order valence-corrected chi connectivity index (χ4v) is 4.49. The lowest BCUT2D eigenvalue weighted by atomic mass is 9.85. The van der Waals surface area contributed by atoms with Crippen LogP contribution < -0.4 is 10.6 Å². The summed E-state index contributed by atoms with van der Waals surface area (Å²) in [4.78, 5) is 30.2. The van der Waals surface area contributed by atoms with Gasteiger partial charge >= 0.3 is 0 Å². The molecule has 0 spiro atoms. The van der Waals surface area contributed by atoms with Crippen LogP contribution in [0, 0.1) is 11.3 Å². The number of thiophene rings is 1.